The minimum Gasteiger partial charge on any atom is -0.479 e. The van der Waals surface area contributed by atoms with Gasteiger partial charge in [-0.2, -0.15) is 0 Å². The molecule has 17 heavy (non-hydrogen) atoms. The number of hydrogen-bond acceptors (Lipinski definition) is 4. The average Bonchev–Trinajstić information content (AvgIpc) is 2.79. The molecule has 0 bridgehead atoms. The molecular weight excluding hydrogens is 240 g/mol. The summed E-state index contributed by atoms with van der Waals surface area (Å²) in [5.41, 5.74) is 5.32. The zero-order chi connectivity index (χ0) is 12.7. The van der Waals surface area contributed by atoms with Crippen molar-refractivity contribution in [3.05, 3.63) is 22.4 Å². The summed E-state index contributed by atoms with van der Waals surface area (Å²) in [6.07, 6.45) is 1.76. The summed E-state index contributed by atoms with van der Waals surface area (Å²) in [7, 11) is 0. The lowest BCUT2D eigenvalue weighted by atomic mass is 10.2. The van der Waals surface area contributed by atoms with Gasteiger partial charge in [0.15, 0.2) is 6.04 Å². The van der Waals surface area contributed by atoms with Gasteiger partial charge in [0.25, 0.3) is 0 Å². The molecule has 0 radical (unpaired) electrons. The molecule has 94 valence electrons. The van der Waals surface area contributed by atoms with Gasteiger partial charge in [-0.25, -0.2) is 4.79 Å². The number of carboxylic acids is 1. The fraction of sp³-hybridized carbons (Fsp3) is 0.455. The number of carbonyl (C=O) groups is 2. The summed E-state index contributed by atoms with van der Waals surface area (Å²) in [6, 6.07) is 2.51. The summed E-state index contributed by atoms with van der Waals surface area (Å²) in [4.78, 5) is 23.2. The Labute approximate surface area is 104 Å². The van der Waals surface area contributed by atoms with Crippen LogP contribution < -0.4 is 11.1 Å². The molecule has 1 atom stereocenters. The third-order valence-electron chi connectivity index (χ3n) is 2.24. The molecule has 1 unspecified atom stereocenters. The number of amides is 1. The quantitative estimate of drug-likeness (QED) is 0.637. The molecule has 0 aliphatic carbocycles. The minimum atomic E-state index is -1.04. The van der Waals surface area contributed by atoms with E-state index in [9.17, 15) is 9.59 Å². The lowest BCUT2D eigenvalue weighted by Gasteiger charge is -2.12. The second-order valence-corrected chi connectivity index (χ2v) is 4.58. The van der Waals surface area contributed by atoms with E-state index in [-0.39, 0.29) is 5.91 Å². The van der Waals surface area contributed by atoms with Crippen molar-refractivity contribution in [1.82, 2.24) is 5.32 Å². The first-order valence-corrected chi connectivity index (χ1v) is 6.28. The molecule has 0 saturated heterocycles. The van der Waals surface area contributed by atoms with Crippen LogP contribution in [0.2, 0.25) is 0 Å². The maximum Gasteiger partial charge on any atom is 0.331 e. The van der Waals surface area contributed by atoms with Gasteiger partial charge >= 0.3 is 5.97 Å². The molecule has 1 heterocycles. The van der Waals surface area contributed by atoms with E-state index in [2.05, 4.69) is 5.32 Å². The number of carboxylic acid groups (broad SMARTS) is 1. The van der Waals surface area contributed by atoms with Crippen molar-refractivity contribution in [1.29, 1.82) is 0 Å². The van der Waals surface area contributed by atoms with E-state index in [1.807, 2.05) is 0 Å². The predicted octanol–water partition coefficient (Wildman–Crippen LogP) is 1.12. The molecule has 0 fully saturated rings. The first-order chi connectivity index (χ1) is 8.15. The van der Waals surface area contributed by atoms with Gasteiger partial charge in [0.2, 0.25) is 5.91 Å². The summed E-state index contributed by atoms with van der Waals surface area (Å²) >= 11 is 1.31. The molecular formula is C11H16N2O3S. The van der Waals surface area contributed by atoms with Gasteiger partial charge in [-0.15, -0.1) is 11.3 Å². The number of rotatable bonds is 7. The Balaban J connectivity index is 2.51. The van der Waals surface area contributed by atoms with Crippen LogP contribution in [0.5, 0.6) is 0 Å². The Kier molecular flexibility index (Phi) is 5.65. The van der Waals surface area contributed by atoms with Crippen molar-refractivity contribution in [2.24, 2.45) is 5.73 Å². The van der Waals surface area contributed by atoms with Crippen LogP contribution >= 0.6 is 11.3 Å². The van der Waals surface area contributed by atoms with Crippen LogP contribution in [0.3, 0.4) is 0 Å². The van der Waals surface area contributed by atoms with Crippen molar-refractivity contribution in [3.8, 4) is 0 Å². The minimum absolute atomic E-state index is 0.251. The zero-order valence-corrected chi connectivity index (χ0v) is 10.2. The molecule has 1 aromatic rings. The van der Waals surface area contributed by atoms with Crippen LogP contribution in [0.1, 0.15) is 30.2 Å². The standard InChI is InChI=1S/C11H16N2O3S/c12-6-2-1-5-9(14)13-10(11(15)16)8-4-3-7-17-8/h3-4,7,10H,1-2,5-6,12H2,(H,13,14)(H,15,16). The summed E-state index contributed by atoms with van der Waals surface area (Å²) in [5.74, 6) is -1.29. The van der Waals surface area contributed by atoms with E-state index >= 15 is 0 Å². The monoisotopic (exact) mass is 256 g/mol. The maximum atomic E-state index is 11.5. The van der Waals surface area contributed by atoms with Gasteiger partial charge in [0, 0.05) is 11.3 Å². The van der Waals surface area contributed by atoms with E-state index in [1.165, 1.54) is 11.3 Å². The molecule has 0 aliphatic heterocycles. The summed E-state index contributed by atoms with van der Waals surface area (Å²) < 4.78 is 0. The van der Waals surface area contributed by atoms with Gasteiger partial charge in [0.1, 0.15) is 0 Å². The highest BCUT2D eigenvalue weighted by molar-refractivity contribution is 7.10. The molecule has 1 rings (SSSR count). The highest BCUT2D eigenvalue weighted by Crippen LogP contribution is 2.19. The van der Waals surface area contributed by atoms with E-state index in [0.717, 1.165) is 6.42 Å². The summed E-state index contributed by atoms with van der Waals surface area (Å²) in [6.45, 7) is 0.542. The van der Waals surface area contributed by atoms with Gasteiger partial charge in [-0.05, 0) is 30.8 Å². The molecule has 6 heteroatoms. The number of carbonyl (C=O) groups excluding carboxylic acids is 1. The normalized spacial score (nSPS) is 12.1. The molecule has 0 aromatic carbocycles. The maximum absolute atomic E-state index is 11.5. The summed E-state index contributed by atoms with van der Waals surface area (Å²) in [5, 5.41) is 13.3. The number of unbranched alkanes of at least 4 members (excludes halogenated alkanes) is 1. The van der Waals surface area contributed by atoms with Gasteiger partial charge in [-0.1, -0.05) is 6.07 Å². The Morgan fingerprint density at radius 3 is 2.76 bits per heavy atom. The second kappa shape index (κ2) is 7.03. The topological polar surface area (TPSA) is 92.4 Å². The SMILES string of the molecule is NCCCCC(=O)NC(C(=O)O)c1cccs1. The number of thiophene rings is 1. The van der Waals surface area contributed by atoms with Crippen LogP contribution in [0.4, 0.5) is 0 Å². The van der Waals surface area contributed by atoms with E-state index in [4.69, 9.17) is 10.8 Å². The highest BCUT2D eigenvalue weighted by atomic mass is 32.1. The van der Waals surface area contributed by atoms with Gasteiger partial charge in [0.05, 0.1) is 0 Å². The van der Waals surface area contributed by atoms with Crippen LogP contribution in [0.25, 0.3) is 0 Å². The molecule has 1 aromatic heterocycles. The predicted molar refractivity (Wildman–Crippen MR) is 65.7 cm³/mol. The Hall–Kier alpha value is -1.40. The number of hydrogen-bond donors (Lipinski definition) is 3. The van der Waals surface area contributed by atoms with Crippen molar-refractivity contribution in [2.75, 3.05) is 6.54 Å². The van der Waals surface area contributed by atoms with Crippen LogP contribution in [0.15, 0.2) is 17.5 Å². The Morgan fingerprint density at radius 1 is 1.47 bits per heavy atom. The molecule has 4 N–H and O–H groups in total. The van der Waals surface area contributed by atoms with E-state index in [1.54, 1.807) is 17.5 Å². The second-order valence-electron chi connectivity index (χ2n) is 3.60. The number of nitrogens with one attached hydrogen (secondary N) is 1. The van der Waals surface area contributed by atoms with Crippen LogP contribution in [-0.2, 0) is 9.59 Å². The smallest absolute Gasteiger partial charge is 0.331 e. The molecule has 0 saturated carbocycles. The molecule has 0 aliphatic rings. The highest BCUT2D eigenvalue weighted by Gasteiger charge is 2.22. The fourth-order valence-corrected chi connectivity index (χ4v) is 2.14. The van der Waals surface area contributed by atoms with Crippen LogP contribution in [0, 0.1) is 0 Å². The Morgan fingerprint density at radius 2 is 2.24 bits per heavy atom. The largest absolute Gasteiger partial charge is 0.479 e. The van der Waals surface area contributed by atoms with E-state index in [0.29, 0.717) is 24.3 Å². The van der Waals surface area contributed by atoms with Gasteiger partial charge in [-0.3, -0.25) is 4.79 Å². The third-order valence-corrected chi connectivity index (χ3v) is 3.18. The van der Waals surface area contributed by atoms with Crippen molar-refractivity contribution < 1.29 is 14.7 Å². The first-order valence-electron chi connectivity index (χ1n) is 5.40. The molecule has 0 spiro atoms. The lowest BCUT2D eigenvalue weighted by Crippen LogP contribution is -2.33. The zero-order valence-electron chi connectivity index (χ0n) is 9.39. The van der Waals surface area contributed by atoms with Crippen LogP contribution in [-0.4, -0.2) is 23.5 Å². The average molecular weight is 256 g/mol. The Bertz CT molecular complexity index is 365. The number of nitrogens with two attached hydrogens (primary N) is 1. The fourth-order valence-electron chi connectivity index (χ4n) is 1.37. The lowest BCUT2D eigenvalue weighted by molar-refractivity contribution is -0.142. The number of aliphatic carboxylic acids is 1. The van der Waals surface area contributed by atoms with Crippen molar-refractivity contribution in [2.45, 2.75) is 25.3 Å². The molecule has 1 amide bonds. The van der Waals surface area contributed by atoms with Gasteiger partial charge < -0.3 is 16.2 Å². The van der Waals surface area contributed by atoms with Crippen molar-refractivity contribution in [3.63, 3.8) is 0 Å². The van der Waals surface area contributed by atoms with E-state index < -0.39 is 12.0 Å². The molecule has 5 nitrogen and oxygen atoms in total. The van der Waals surface area contributed by atoms with Crippen molar-refractivity contribution >= 4 is 23.2 Å². The third kappa shape index (κ3) is 4.54. The first kappa shape index (κ1) is 13.7.